The third kappa shape index (κ3) is 1.83. The van der Waals surface area contributed by atoms with Crippen LogP contribution in [0.25, 0.3) is 5.65 Å². The lowest BCUT2D eigenvalue weighted by atomic mass is 10.1. The number of aliphatic hydroxyl groups is 1. The first-order valence-electron chi connectivity index (χ1n) is 4.75. The Hall–Kier alpha value is -0.650. The molecule has 0 saturated carbocycles. The molecule has 0 radical (unpaired) electrons. The van der Waals surface area contributed by atoms with E-state index in [1.165, 1.54) is 4.52 Å². The number of hydrogen-bond donors (Lipinski definition) is 1. The minimum absolute atomic E-state index is 0.427. The van der Waals surface area contributed by atoms with Gasteiger partial charge in [-0.3, -0.25) is 0 Å². The molecular formula is C10H11BrClN3O. The summed E-state index contributed by atoms with van der Waals surface area (Å²) in [7, 11) is 0. The first kappa shape index (κ1) is 11.8. The molecule has 0 aliphatic carbocycles. The summed E-state index contributed by atoms with van der Waals surface area (Å²) in [4.78, 5) is 4.35. The minimum Gasteiger partial charge on any atom is -0.384 e. The number of nitrogens with zero attached hydrogens (tertiary/aromatic N) is 3. The third-order valence-electron chi connectivity index (χ3n) is 2.28. The molecule has 0 atom stereocenters. The number of fused-ring (bicyclic) bond motifs is 1. The van der Waals surface area contributed by atoms with Crippen LogP contribution in [0.4, 0.5) is 0 Å². The summed E-state index contributed by atoms with van der Waals surface area (Å²) in [5.74, 6) is 0. The van der Waals surface area contributed by atoms with Crippen molar-refractivity contribution in [3.8, 4) is 0 Å². The second-order valence-electron chi connectivity index (χ2n) is 4.16. The maximum absolute atomic E-state index is 9.90. The minimum atomic E-state index is -1.02. The van der Waals surface area contributed by atoms with Crippen molar-refractivity contribution in [2.45, 2.75) is 26.4 Å². The summed E-state index contributed by atoms with van der Waals surface area (Å²) in [5.41, 5.74) is 0.915. The highest BCUT2D eigenvalue weighted by Crippen LogP contribution is 2.27. The smallest absolute Gasteiger partial charge is 0.171 e. The largest absolute Gasteiger partial charge is 0.384 e. The van der Waals surface area contributed by atoms with E-state index >= 15 is 0 Å². The zero-order valence-electron chi connectivity index (χ0n) is 9.12. The molecule has 86 valence electrons. The molecular weight excluding hydrogens is 293 g/mol. The van der Waals surface area contributed by atoms with Crippen molar-refractivity contribution in [2.24, 2.45) is 0 Å². The van der Waals surface area contributed by atoms with Crippen LogP contribution in [0.2, 0.25) is 5.15 Å². The van der Waals surface area contributed by atoms with Crippen molar-refractivity contribution in [1.82, 2.24) is 14.6 Å². The van der Waals surface area contributed by atoms with E-state index < -0.39 is 5.60 Å². The van der Waals surface area contributed by atoms with Gasteiger partial charge >= 0.3 is 0 Å². The number of halogens is 2. The van der Waals surface area contributed by atoms with Gasteiger partial charge in [0, 0.05) is 6.07 Å². The van der Waals surface area contributed by atoms with Crippen LogP contribution in [0.1, 0.15) is 25.2 Å². The topological polar surface area (TPSA) is 50.4 Å². The number of aromatic nitrogens is 3. The van der Waals surface area contributed by atoms with Crippen LogP contribution in [0.15, 0.2) is 10.5 Å². The maximum atomic E-state index is 9.90. The average Bonchev–Trinajstić information content (AvgIpc) is 2.44. The van der Waals surface area contributed by atoms with Crippen molar-refractivity contribution in [1.29, 1.82) is 0 Å². The Morgan fingerprint density at radius 1 is 1.50 bits per heavy atom. The van der Waals surface area contributed by atoms with Gasteiger partial charge in [-0.15, -0.1) is 0 Å². The van der Waals surface area contributed by atoms with Crippen LogP contribution in [0, 0.1) is 6.92 Å². The van der Waals surface area contributed by atoms with Crippen LogP contribution < -0.4 is 0 Å². The van der Waals surface area contributed by atoms with E-state index in [1.54, 1.807) is 19.9 Å². The number of hydrogen-bond acceptors (Lipinski definition) is 3. The Labute approximate surface area is 106 Å². The molecule has 0 spiro atoms. The first-order valence-corrected chi connectivity index (χ1v) is 5.92. The van der Waals surface area contributed by atoms with Gasteiger partial charge in [-0.1, -0.05) is 11.6 Å². The highest BCUT2D eigenvalue weighted by Gasteiger charge is 2.21. The number of rotatable bonds is 1. The molecule has 0 fully saturated rings. The Kier molecular flexibility index (Phi) is 2.72. The van der Waals surface area contributed by atoms with Crippen LogP contribution >= 0.6 is 27.5 Å². The molecule has 0 bridgehead atoms. The summed E-state index contributed by atoms with van der Waals surface area (Å²) in [6.45, 7) is 5.19. The second-order valence-corrected chi connectivity index (χ2v) is 5.34. The zero-order chi connectivity index (χ0) is 12.1. The first-order chi connectivity index (χ1) is 7.30. The van der Waals surface area contributed by atoms with Gasteiger partial charge in [0.05, 0.1) is 15.9 Å². The molecule has 0 amide bonds. The van der Waals surface area contributed by atoms with Crippen LogP contribution in [0.5, 0.6) is 0 Å². The molecule has 0 aliphatic heterocycles. The van der Waals surface area contributed by atoms with Crippen LogP contribution in [-0.2, 0) is 5.60 Å². The Morgan fingerprint density at radius 3 is 2.69 bits per heavy atom. The Balaban J connectivity index is 2.80. The lowest BCUT2D eigenvalue weighted by molar-refractivity contribution is 0.0740. The molecule has 2 aromatic heterocycles. The van der Waals surface area contributed by atoms with Crippen LogP contribution in [-0.4, -0.2) is 19.7 Å². The van der Waals surface area contributed by atoms with Gasteiger partial charge in [0.25, 0.3) is 0 Å². The molecule has 6 heteroatoms. The van der Waals surface area contributed by atoms with Gasteiger partial charge in [0.2, 0.25) is 0 Å². The molecule has 2 aromatic rings. The zero-order valence-corrected chi connectivity index (χ0v) is 11.5. The molecule has 0 aromatic carbocycles. The lowest BCUT2D eigenvalue weighted by Crippen LogP contribution is -2.18. The van der Waals surface area contributed by atoms with Crippen molar-refractivity contribution in [3.05, 3.63) is 27.1 Å². The predicted molar refractivity (Wildman–Crippen MR) is 65.7 cm³/mol. The van der Waals surface area contributed by atoms with E-state index in [-0.39, 0.29) is 0 Å². The fraction of sp³-hybridized carbons (Fsp3) is 0.400. The highest BCUT2D eigenvalue weighted by atomic mass is 79.9. The van der Waals surface area contributed by atoms with Gasteiger partial charge < -0.3 is 5.11 Å². The maximum Gasteiger partial charge on any atom is 0.171 e. The normalized spacial score (nSPS) is 12.4. The van der Waals surface area contributed by atoms with Crippen molar-refractivity contribution in [2.75, 3.05) is 0 Å². The molecule has 0 aliphatic rings. The van der Waals surface area contributed by atoms with Gasteiger partial charge in [0.1, 0.15) is 10.8 Å². The van der Waals surface area contributed by atoms with Gasteiger partial charge in [-0.05, 0) is 36.7 Å². The number of aryl methyl sites for hydroxylation is 1. The summed E-state index contributed by atoms with van der Waals surface area (Å²) in [6.07, 6.45) is 0. The van der Waals surface area contributed by atoms with E-state index in [0.717, 1.165) is 10.2 Å². The quantitative estimate of drug-likeness (QED) is 0.824. The molecule has 1 N–H and O–H groups in total. The Bertz CT molecular complexity index is 559. The third-order valence-corrected chi connectivity index (χ3v) is 3.47. The summed E-state index contributed by atoms with van der Waals surface area (Å²) in [5, 5.41) is 14.6. The predicted octanol–water partition coefficient (Wildman–Crippen LogP) is 2.68. The van der Waals surface area contributed by atoms with E-state index in [0.29, 0.717) is 16.5 Å². The van der Waals surface area contributed by atoms with Crippen molar-refractivity contribution >= 4 is 33.2 Å². The highest BCUT2D eigenvalue weighted by molar-refractivity contribution is 9.10. The molecule has 2 rings (SSSR count). The summed E-state index contributed by atoms with van der Waals surface area (Å²) in [6, 6.07) is 1.62. The monoisotopic (exact) mass is 303 g/mol. The summed E-state index contributed by atoms with van der Waals surface area (Å²) < 4.78 is 2.33. The second kappa shape index (κ2) is 3.68. The standard InChI is InChI=1S/C10H11BrClN3O/c1-5-8(11)9-13-6(10(2,3)16)4-7(12)15(9)14-5/h4,16H,1-3H3. The van der Waals surface area contributed by atoms with Crippen molar-refractivity contribution < 1.29 is 5.11 Å². The van der Waals surface area contributed by atoms with E-state index in [9.17, 15) is 5.11 Å². The van der Waals surface area contributed by atoms with E-state index in [2.05, 4.69) is 26.0 Å². The van der Waals surface area contributed by atoms with Gasteiger partial charge in [0.15, 0.2) is 5.65 Å². The summed E-state index contributed by atoms with van der Waals surface area (Å²) >= 11 is 9.48. The fourth-order valence-corrected chi connectivity index (χ4v) is 1.93. The van der Waals surface area contributed by atoms with E-state index in [1.807, 2.05) is 6.92 Å². The van der Waals surface area contributed by atoms with Gasteiger partial charge in [-0.2, -0.15) is 5.10 Å². The molecule has 4 nitrogen and oxygen atoms in total. The molecule has 0 saturated heterocycles. The SMILES string of the molecule is Cc1nn2c(Cl)cc(C(C)(C)O)nc2c1Br. The Morgan fingerprint density at radius 2 is 2.12 bits per heavy atom. The molecule has 2 heterocycles. The molecule has 0 unspecified atom stereocenters. The van der Waals surface area contributed by atoms with E-state index in [4.69, 9.17) is 11.6 Å². The fourth-order valence-electron chi connectivity index (χ4n) is 1.38. The van der Waals surface area contributed by atoms with Crippen LogP contribution in [0.3, 0.4) is 0 Å². The van der Waals surface area contributed by atoms with Gasteiger partial charge in [-0.25, -0.2) is 9.50 Å². The lowest BCUT2D eigenvalue weighted by Gasteiger charge is -2.16. The molecule has 16 heavy (non-hydrogen) atoms. The van der Waals surface area contributed by atoms with Crippen molar-refractivity contribution in [3.63, 3.8) is 0 Å². The average molecular weight is 305 g/mol.